The zero-order valence-corrected chi connectivity index (χ0v) is 46.1. The van der Waals surface area contributed by atoms with Crippen LogP contribution in [0.5, 0.6) is 0 Å². The van der Waals surface area contributed by atoms with E-state index in [2.05, 4.69) is 42.6 Å². The van der Waals surface area contributed by atoms with Gasteiger partial charge in [-0.05, 0) is 77.6 Å². The number of amides is 1. The molecule has 1 amide bonds. The summed E-state index contributed by atoms with van der Waals surface area (Å²) < 4.78 is 16.7. The number of rotatable bonds is 51. The predicted octanol–water partition coefficient (Wildman–Crippen LogP) is 13.7. The van der Waals surface area contributed by atoms with Gasteiger partial charge in [-0.2, -0.15) is 0 Å². The summed E-state index contributed by atoms with van der Waals surface area (Å²) in [6.07, 6.45) is 53.9. The van der Waals surface area contributed by atoms with Crippen LogP contribution < -0.4 is 5.32 Å². The van der Waals surface area contributed by atoms with Gasteiger partial charge in [0.15, 0.2) is 6.29 Å². The van der Waals surface area contributed by atoms with Gasteiger partial charge in [0.2, 0.25) is 5.91 Å². The molecule has 0 aromatic heterocycles. The highest BCUT2D eigenvalue weighted by Crippen LogP contribution is 2.23. The summed E-state index contributed by atoms with van der Waals surface area (Å²) in [5, 5.41) is 54.1. The fraction of sp³-hybridized carbons (Fsp3) is 0.836. The molecule has 0 aromatic rings. The SMILES string of the molecule is C/C=C/CC/C=C/CC/C=C/C(O)C(COC1OC(CO)C(O)C(O)C1O)NC(=O)CCCCCCC/C=C\CCCCCCCCCOC(=O)CCCCCCCCCCCCCCCCCCCCC. The Kier molecular flexibility index (Phi) is 47.7. The third-order valence-corrected chi connectivity index (χ3v) is 14.0. The van der Waals surface area contributed by atoms with Crippen molar-refractivity contribution in [3.05, 3.63) is 48.6 Å². The number of nitrogens with one attached hydrogen (secondary N) is 1. The molecule has 0 aromatic carbocycles. The van der Waals surface area contributed by atoms with Crippen molar-refractivity contribution in [3.8, 4) is 0 Å². The maximum absolute atomic E-state index is 13.0. The number of hydrogen-bond acceptors (Lipinski definition) is 10. The molecule has 1 fully saturated rings. The number of aliphatic hydroxyl groups is 5. The number of ether oxygens (including phenoxy) is 3. The fourth-order valence-corrected chi connectivity index (χ4v) is 9.23. The third kappa shape index (κ3) is 40.0. The van der Waals surface area contributed by atoms with Gasteiger partial charge in [0.25, 0.3) is 0 Å². The average molecular weight is 1020 g/mol. The van der Waals surface area contributed by atoms with Gasteiger partial charge in [-0.15, -0.1) is 0 Å². The smallest absolute Gasteiger partial charge is 0.305 e. The van der Waals surface area contributed by atoms with E-state index in [0.717, 1.165) is 89.9 Å². The van der Waals surface area contributed by atoms with Crippen LogP contribution in [-0.2, 0) is 23.8 Å². The van der Waals surface area contributed by atoms with Crippen LogP contribution >= 0.6 is 0 Å². The van der Waals surface area contributed by atoms with E-state index in [-0.39, 0.29) is 18.5 Å². The van der Waals surface area contributed by atoms with Crippen molar-refractivity contribution in [2.24, 2.45) is 0 Å². The minimum atomic E-state index is -1.59. The summed E-state index contributed by atoms with van der Waals surface area (Å²) in [5.74, 6) is -0.235. The van der Waals surface area contributed by atoms with E-state index < -0.39 is 49.5 Å². The summed E-state index contributed by atoms with van der Waals surface area (Å²) in [6, 6.07) is -0.846. The van der Waals surface area contributed by atoms with Gasteiger partial charge in [0.05, 0.1) is 32.0 Å². The number of carbonyl (C=O) groups excluding carboxylic acids is 2. The molecule has 7 unspecified atom stereocenters. The largest absolute Gasteiger partial charge is 0.466 e. The highest BCUT2D eigenvalue weighted by atomic mass is 16.7. The van der Waals surface area contributed by atoms with Crippen LogP contribution in [0.4, 0.5) is 0 Å². The highest BCUT2D eigenvalue weighted by molar-refractivity contribution is 5.76. The molecule has 0 saturated carbocycles. The van der Waals surface area contributed by atoms with E-state index in [1.165, 1.54) is 141 Å². The van der Waals surface area contributed by atoms with Crippen LogP contribution in [0.3, 0.4) is 0 Å². The molecule has 6 N–H and O–H groups in total. The summed E-state index contributed by atoms with van der Waals surface area (Å²) in [4.78, 5) is 25.1. The minimum absolute atomic E-state index is 0.0181. The molecule has 11 nitrogen and oxygen atoms in total. The molecule has 0 radical (unpaired) electrons. The Morgan fingerprint density at radius 1 is 0.528 bits per heavy atom. The summed E-state index contributed by atoms with van der Waals surface area (Å²) in [6.45, 7) is 4.06. The van der Waals surface area contributed by atoms with Crippen LogP contribution in [0.2, 0.25) is 0 Å². The lowest BCUT2D eigenvalue weighted by Crippen LogP contribution is -2.60. The fourth-order valence-electron chi connectivity index (χ4n) is 9.23. The quantitative estimate of drug-likeness (QED) is 0.0195. The van der Waals surface area contributed by atoms with Crippen LogP contribution in [0.25, 0.3) is 0 Å². The van der Waals surface area contributed by atoms with E-state index in [1.54, 1.807) is 6.08 Å². The number of unbranched alkanes of at least 4 members (excludes halogenated alkanes) is 32. The Labute approximate surface area is 440 Å². The molecule has 420 valence electrons. The summed E-state index contributed by atoms with van der Waals surface area (Å²) in [7, 11) is 0. The second-order valence-corrected chi connectivity index (χ2v) is 20.7. The molecule has 0 aliphatic carbocycles. The van der Waals surface area contributed by atoms with Crippen LogP contribution in [0, 0.1) is 0 Å². The monoisotopic (exact) mass is 1020 g/mol. The summed E-state index contributed by atoms with van der Waals surface area (Å²) in [5.41, 5.74) is 0. The van der Waals surface area contributed by atoms with E-state index >= 15 is 0 Å². The third-order valence-electron chi connectivity index (χ3n) is 14.0. The van der Waals surface area contributed by atoms with E-state index in [0.29, 0.717) is 25.9 Å². The van der Waals surface area contributed by atoms with Crippen molar-refractivity contribution < 1.29 is 49.3 Å². The number of carbonyl (C=O) groups is 2. The van der Waals surface area contributed by atoms with E-state index in [9.17, 15) is 35.1 Å². The van der Waals surface area contributed by atoms with E-state index in [1.807, 2.05) is 19.1 Å². The van der Waals surface area contributed by atoms with Gasteiger partial charge < -0.3 is 45.1 Å². The molecular weight excluding hydrogens is 907 g/mol. The maximum Gasteiger partial charge on any atom is 0.305 e. The van der Waals surface area contributed by atoms with Crippen molar-refractivity contribution in [1.82, 2.24) is 5.32 Å². The van der Waals surface area contributed by atoms with Crippen molar-refractivity contribution in [2.75, 3.05) is 19.8 Å². The molecule has 72 heavy (non-hydrogen) atoms. The lowest BCUT2D eigenvalue weighted by Gasteiger charge is -2.40. The molecule has 7 atom stereocenters. The Balaban J connectivity index is 2.03. The molecule has 0 spiro atoms. The number of aliphatic hydroxyl groups excluding tert-OH is 5. The van der Waals surface area contributed by atoms with Gasteiger partial charge in [-0.3, -0.25) is 9.59 Å². The number of hydrogen-bond donors (Lipinski definition) is 6. The average Bonchev–Trinajstić information content (AvgIpc) is 3.38. The van der Waals surface area contributed by atoms with Gasteiger partial charge in [-0.1, -0.05) is 222 Å². The Hall–Kier alpha value is -2.38. The van der Waals surface area contributed by atoms with Crippen LogP contribution in [0.1, 0.15) is 264 Å². The first-order valence-corrected chi connectivity index (χ1v) is 29.9. The number of allylic oxidation sites excluding steroid dienone is 7. The van der Waals surface area contributed by atoms with Crippen molar-refractivity contribution in [3.63, 3.8) is 0 Å². The molecule has 1 heterocycles. The van der Waals surface area contributed by atoms with Crippen LogP contribution in [-0.4, -0.2) is 100 Å². The van der Waals surface area contributed by atoms with Crippen molar-refractivity contribution in [1.29, 1.82) is 0 Å². The first-order chi connectivity index (χ1) is 35.2. The second-order valence-electron chi connectivity index (χ2n) is 20.7. The Morgan fingerprint density at radius 3 is 1.46 bits per heavy atom. The highest BCUT2D eigenvalue weighted by Gasteiger charge is 2.44. The molecule has 1 rings (SSSR count). The standard InChI is InChI=1S/C61H111NO10/c1-3-5-7-9-11-13-14-15-16-17-18-19-23-26-29-33-37-41-45-49-57(66)70-50-46-42-38-34-30-27-24-21-20-22-25-28-32-36-40-44-48-56(65)62-53(54(64)47-43-39-35-31-12-10-8-6-4-2)52-71-61-60(69)59(68)58(67)55(51-63)72-61/h4,6,12,20,22,31,43,47,53-55,58-61,63-64,67-69H,3,5,7-11,13-19,21,23-30,32-42,44-46,48-52H2,1-2H3,(H,62,65)/b6-4+,22-20-,31-12+,47-43+. The van der Waals surface area contributed by atoms with Crippen molar-refractivity contribution >= 4 is 11.9 Å². The molecule has 0 bridgehead atoms. The molecule has 11 heteroatoms. The summed E-state index contributed by atoms with van der Waals surface area (Å²) >= 11 is 0. The molecule has 1 saturated heterocycles. The molecular formula is C61H111NO10. The topological polar surface area (TPSA) is 175 Å². The minimum Gasteiger partial charge on any atom is -0.466 e. The maximum atomic E-state index is 13.0. The molecule has 1 aliphatic heterocycles. The van der Waals surface area contributed by atoms with Crippen LogP contribution in [0.15, 0.2) is 48.6 Å². The predicted molar refractivity (Wildman–Crippen MR) is 297 cm³/mol. The van der Waals surface area contributed by atoms with Gasteiger partial charge >= 0.3 is 5.97 Å². The van der Waals surface area contributed by atoms with Crippen molar-refractivity contribution in [2.45, 2.75) is 307 Å². The zero-order valence-electron chi connectivity index (χ0n) is 46.1. The normalized spacial score (nSPS) is 19.3. The molecule has 1 aliphatic rings. The lowest BCUT2D eigenvalue weighted by atomic mass is 9.99. The second kappa shape index (κ2) is 50.8. The van der Waals surface area contributed by atoms with Gasteiger partial charge in [-0.25, -0.2) is 0 Å². The first-order valence-electron chi connectivity index (χ1n) is 29.9. The van der Waals surface area contributed by atoms with E-state index in [4.69, 9.17) is 14.2 Å². The Morgan fingerprint density at radius 2 is 0.958 bits per heavy atom. The first kappa shape index (κ1) is 67.6. The lowest BCUT2D eigenvalue weighted by molar-refractivity contribution is -0.302. The zero-order chi connectivity index (χ0) is 52.4. The van der Waals surface area contributed by atoms with Gasteiger partial charge in [0.1, 0.15) is 24.4 Å². The number of esters is 1. The Bertz CT molecular complexity index is 1340. The van der Waals surface area contributed by atoms with Gasteiger partial charge in [0, 0.05) is 12.8 Å².